The first-order chi connectivity index (χ1) is 5.07. The van der Waals surface area contributed by atoms with Crippen LogP contribution < -0.4 is 0 Å². The van der Waals surface area contributed by atoms with E-state index >= 15 is 0 Å². The van der Waals surface area contributed by atoms with Gasteiger partial charge in [-0.15, -0.1) is 0 Å². The second-order valence-electron chi connectivity index (χ2n) is 1.84. The number of carbonyl (C=O) groups is 1. The Bertz CT molecular complexity index is 122. The molecule has 0 saturated carbocycles. The summed E-state index contributed by atoms with van der Waals surface area (Å²) in [7, 11) is 0. The van der Waals surface area contributed by atoms with Crippen LogP contribution in [0.1, 0.15) is 0 Å². The van der Waals surface area contributed by atoms with Crippen molar-refractivity contribution in [2.45, 2.75) is 12.4 Å². The maximum absolute atomic E-state index is 10.2. The van der Waals surface area contributed by atoms with Gasteiger partial charge in [0.25, 0.3) is 6.29 Å². The van der Waals surface area contributed by atoms with Crippen LogP contribution in [-0.4, -0.2) is 52.0 Å². The first-order valence-electron chi connectivity index (χ1n) is 2.89. The minimum Gasteiger partial charge on any atom is -0.459 e. The van der Waals surface area contributed by atoms with Gasteiger partial charge in [-0.3, -0.25) is 0 Å². The highest BCUT2D eigenvalue weighted by Gasteiger charge is 2.13. The van der Waals surface area contributed by atoms with E-state index in [1.54, 1.807) is 0 Å². The van der Waals surface area contributed by atoms with Gasteiger partial charge in [0.1, 0.15) is 12.7 Å². The highest BCUT2D eigenvalue weighted by atomic mass is 16.6. The van der Waals surface area contributed by atoms with Crippen LogP contribution in [0.4, 0.5) is 0 Å². The molecule has 4 N–H and O–H groups in total. The minimum atomic E-state index is -2.19. The Morgan fingerprint density at radius 1 is 1.36 bits per heavy atom. The molecule has 0 aliphatic heterocycles. The van der Waals surface area contributed by atoms with Gasteiger partial charge in [-0.25, -0.2) is 4.79 Å². The fourth-order valence-corrected chi connectivity index (χ4v) is 0.306. The smallest absolute Gasteiger partial charge is 0.363 e. The normalized spacial score (nSPS) is 13.2. The van der Waals surface area contributed by atoms with Crippen molar-refractivity contribution in [1.82, 2.24) is 0 Å². The van der Waals surface area contributed by atoms with E-state index in [2.05, 4.69) is 4.74 Å². The van der Waals surface area contributed by atoms with Crippen molar-refractivity contribution in [3.05, 3.63) is 0 Å². The van der Waals surface area contributed by atoms with Gasteiger partial charge < -0.3 is 25.2 Å². The van der Waals surface area contributed by atoms with E-state index in [0.29, 0.717) is 0 Å². The zero-order valence-corrected chi connectivity index (χ0v) is 5.67. The van der Waals surface area contributed by atoms with Crippen LogP contribution in [0.15, 0.2) is 0 Å². The lowest BCUT2D eigenvalue weighted by molar-refractivity contribution is -0.176. The Morgan fingerprint density at radius 3 is 2.27 bits per heavy atom. The maximum atomic E-state index is 10.2. The van der Waals surface area contributed by atoms with Crippen molar-refractivity contribution in [3.8, 4) is 0 Å². The second-order valence-corrected chi connectivity index (χ2v) is 1.84. The summed E-state index contributed by atoms with van der Waals surface area (Å²) < 4.78 is 4.11. The van der Waals surface area contributed by atoms with E-state index in [9.17, 15) is 4.79 Å². The molecular weight excluding hydrogens is 156 g/mol. The monoisotopic (exact) mass is 166 g/mol. The van der Waals surface area contributed by atoms with E-state index in [0.717, 1.165) is 0 Å². The zero-order chi connectivity index (χ0) is 8.85. The molecular formula is C5H10O6. The molecule has 0 saturated heterocycles. The van der Waals surface area contributed by atoms with Gasteiger partial charge in [0, 0.05) is 0 Å². The molecule has 6 nitrogen and oxygen atoms in total. The Hall–Kier alpha value is -0.690. The second kappa shape index (κ2) is 5.03. The highest BCUT2D eigenvalue weighted by Crippen LogP contribution is 1.87. The number of rotatable bonds is 4. The molecule has 0 fully saturated rings. The topological polar surface area (TPSA) is 107 Å². The fourth-order valence-electron chi connectivity index (χ4n) is 0.306. The summed E-state index contributed by atoms with van der Waals surface area (Å²) in [4.78, 5) is 10.2. The Kier molecular flexibility index (Phi) is 4.71. The van der Waals surface area contributed by atoms with Crippen molar-refractivity contribution in [3.63, 3.8) is 0 Å². The van der Waals surface area contributed by atoms with Crippen molar-refractivity contribution < 1.29 is 30.0 Å². The number of aliphatic hydroxyl groups is 4. The van der Waals surface area contributed by atoms with Crippen molar-refractivity contribution in [1.29, 1.82) is 0 Å². The molecule has 0 amide bonds. The maximum Gasteiger partial charge on any atom is 0.363 e. The quantitative estimate of drug-likeness (QED) is 0.265. The van der Waals surface area contributed by atoms with Gasteiger partial charge >= 0.3 is 5.97 Å². The third-order valence-electron chi connectivity index (χ3n) is 0.840. The number of hydrogen-bond acceptors (Lipinski definition) is 6. The molecule has 0 aliphatic rings. The molecule has 0 spiro atoms. The molecule has 66 valence electrons. The average molecular weight is 166 g/mol. The summed E-state index contributed by atoms with van der Waals surface area (Å²) in [6, 6.07) is 0. The van der Waals surface area contributed by atoms with E-state index in [1.165, 1.54) is 0 Å². The summed E-state index contributed by atoms with van der Waals surface area (Å²) in [5.74, 6) is -1.25. The van der Waals surface area contributed by atoms with Crippen molar-refractivity contribution >= 4 is 5.97 Å². The number of esters is 1. The first-order valence-corrected chi connectivity index (χ1v) is 2.89. The van der Waals surface area contributed by atoms with Crippen molar-refractivity contribution in [2.24, 2.45) is 0 Å². The van der Waals surface area contributed by atoms with Crippen LogP contribution in [0.5, 0.6) is 0 Å². The van der Waals surface area contributed by atoms with Crippen LogP contribution >= 0.6 is 0 Å². The summed E-state index contributed by atoms with van der Waals surface area (Å²) >= 11 is 0. The molecule has 0 aromatic rings. The fraction of sp³-hybridized carbons (Fsp3) is 0.800. The van der Waals surface area contributed by atoms with Crippen molar-refractivity contribution in [2.75, 3.05) is 13.2 Å². The number of ether oxygens (including phenoxy) is 1. The molecule has 0 bridgehead atoms. The van der Waals surface area contributed by atoms with Crippen LogP contribution in [0.2, 0.25) is 0 Å². The van der Waals surface area contributed by atoms with Crippen LogP contribution in [0.25, 0.3) is 0 Å². The van der Waals surface area contributed by atoms with E-state index in [4.69, 9.17) is 20.4 Å². The van der Waals surface area contributed by atoms with Crippen LogP contribution in [0.3, 0.4) is 0 Å². The molecule has 6 heteroatoms. The third-order valence-corrected chi connectivity index (χ3v) is 0.840. The molecule has 0 aliphatic carbocycles. The minimum absolute atomic E-state index is 0.451. The molecule has 0 radical (unpaired) electrons. The zero-order valence-electron chi connectivity index (χ0n) is 5.67. The molecule has 0 heterocycles. The Balaban J connectivity index is 3.46. The Morgan fingerprint density at radius 2 is 1.91 bits per heavy atom. The predicted octanol–water partition coefficient (Wildman–Crippen LogP) is -2.81. The average Bonchev–Trinajstić information content (AvgIpc) is 1.99. The van der Waals surface area contributed by atoms with Gasteiger partial charge in [-0.2, -0.15) is 0 Å². The number of hydrogen-bond donors (Lipinski definition) is 4. The lowest BCUT2D eigenvalue weighted by Crippen LogP contribution is -2.28. The largest absolute Gasteiger partial charge is 0.459 e. The van der Waals surface area contributed by atoms with E-state index in [1.807, 2.05) is 0 Å². The molecule has 1 atom stereocenters. The molecule has 0 aromatic heterocycles. The van der Waals surface area contributed by atoms with Gasteiger partial charge in [0.15, 0.2) is 0 Å². The SMILES string of the molecule is O=C(OCC(O)CO)C(O)O. The van der Waals surface area contributed by atoms with Crippen LogP contribution in [0, 0.1) is 0 Å². The standard InChI is InChI=1S/C5H10O6/c6-1-3(7)2-11-5(10)4(8)9/h3-4,6-9H,1-2H2. The van der Waals surface area contributed by atoms with Gasteiger partial charge in [-0.1, -0.05) is 0 Å². The van der Waals surface area contributed by atoms with E-state index < -0.39 is 31.6 Å². The van der Waals surface area contributed by atoms with Gasteiger partial charge in [-0.05, 0) is 0 Å². The van der Waals surface area contributed by atoms with E-state index in [-0.39, 0.29) is 0 Å². The lowest BCUT2D eigenvalue weighted by atomic mass is 10.4. The molecule has 0 aromatic carbocycles. The van der Waals surface area contributed by atoms with Gasteiger partial charge in [0.2, 0.25) is 0 Å². The summed E-state index contributed by atoms with van der Waals surface area (Å²) in [5, 5.41) is 33.1. The lowest BCUT2D eigenvalue weighted by Gasteiger charge is -2.08. The summed E-state index contributed by atoms with van der Waals surface area (Å²) in [6.45, 7) is -0.998. The summed E-state index contributed by atoms with van der Waals surface area (Å²) in [6.07, 6.45) is -3.38. The first kappa shape index (κ1) is 10.3. The predicted molar refractivity (Wildman–Crippen MR) is 32.3 cm³/mol. The molecule has 0 rings (SSSR count). The summed E-state index contributed by atoms with van der Waals surface area (Å²) in [5.41, 5.74) is 0. The molecule has 1 unspecified atom stereocenters. The number of aliphatic hydroxyl groups excluding tert-OH is 3. The van der Waals surface area contributed by atoms with Gasteiger partial charge in [0.05, 0.1) is 6.61 Å². The Labute approximate surface area is 62.7 Å². The van der Waals surface area contributed by atoms with Crippen LogP contribution in [-0.2, 0) is 9.53 Å². The highest BCUT2D eigenvalue weighted by molar-refractivity contribution is 5.72. The third kappa shape index (κ3) is 4.68. The molecule has 11 heavy (non-hydrogen) atoms. The number of carbonyl (C=O) groups excluding carboxylic acids is 1.